The summed E-state index contributed by atoms with van der Waals surface area (Å²) in [5, 5.41) is 0.0566. The van der Waals surface area contributed by atoms with E-state index in [4.69, 9.17) is 0 Å². The van der Waals surface area contributed by atoms with Crippen molar-refractivity contribution >= 4 is 21.4 Å². The van der Waals surface area contributed by atoms with Gasteiger partial charge >= 0.3 is 0 Å². The molecule has 2 heterocycles. The Morgan fingerprint density at radius 2 is 1.85 bits per heavy atom. The third-order valence-corrected chi connectivity index (χ3v) is 4.66. The smallest absolute Gasteiger partial charge is 0.278 e. The normalized spacial score (nSPS) is 15.5. The number of aromatic amines is 1. The molecule has 0 radical (unpaired) electrons. The molecule has 0 saturated carbocycles. The van der Waals surface area contributed by atoms with E-state index >= 15 is 0 Å². The standard InChI is InChI=1S/C13H16N4O2S/c18-20(19,13-9-14-10-15-13)16-11-3-5-12(6-4-11)17-7-1-2-8-17/h3-6,9-10,16H,1-2,7-8H2,(H,14,15). The summed E-state index contributed by atoms with van der Waals surface area (Å²) in [6.45, 7) is 2.14. The molecule has 0 atom stereocenters. The topological polar surface area (TPSA) is 78.1 Å². The summed E-state index contributed by atoms with van der Waals surface area (Å²) < 4.78 is 26.5. The first-order chi connectivity index (χ1) is 9.65. The van der Waals surface area contributed by atoms with E-state index in [-0.39, 0.29) is 5.03 Å². The van der Waals surface area contributed by atoms with Crippen molar-refractivity contribution in [2.45, 2.75) is 17.9 Å². The highest BCUT2D eigenvalue weighted by Crippen LogP contribution is 2.23. The second-order valence-electron chi connectivity index (χ2n) is 4.76. The molecule has 6 nitrogen and oxygen atoms in total. The molecule has 0 spiro atoms. The average Bonchev–Trinajstić information content (AvgIpc) is 3.13. The lowest BCUT2D eigenvalue weighted by Crippen LogP contribution is -2.17. The zero-order chi connectivity index (χ0) is 14.0. The van der Waals surface area contributed by atoms with Gasteiger partial charge in [-0.05, 0) is 37.1 Å². The highest BCUT2D eigenvalue weighted by atomic mass is 32.2. The summed E-state index contributed by atoms with van der Waals surface area (Å²) in [5.74, 6) is 0. The van der Waals surface area contributed by atoms with Crippen LogP contribution < -0.4 is 9.62 Å². The minimum Gasteiger partial charge on any atom is -0.372 e. The highest BCUT2D eigenvalue weighted by Gasteiger charge is 2.16. The van der Waals surface area contributed by atoms with E-state index in [9.17, 15) is 8.42 Å². The molecule has 3 rings (SSSR count). The van der Waals surface area contributed by atoms with Crippen LogP contribution in [0.1, 0.15) is 12.8 Å². The van der Waals surface area contributed by atoms with Crippen molar-refractivity contribution in [2.24, 2.45) is 0 Å². The number of imidazole rings is 1. The van der Waals surface area contributed by atoms with Crippen LogP contribution in [0.4, 0.5) is 11.4 Å². The van der Waals surface area contributed by atoms with Gasteiger partial charge in [0.2, 0.25) is 0 Å². The summed E-state index contributed by atoms with van der Waals surface area (Å²) in [6, 6.07) is 7.44. The van der Waals surface area contributed by atoms with Crippen LogP contribution in [0.2, 0.25) is 0 Å². The molecule has 0 amide bonds. The SMILES string of the molecule is O=S(=O)(Nc1ccc(N2CCCC2)cc1)c1cnc[nH]1. The van der Waals surface area contributed by atoms with E-state index in [1.165, 1.54) is 25.4 Å². The fourth-order valence-corrected chi connectivity index (χ4v) is 3.28. The molecule has 1 aromatic heterocycles. The fourth-order valence-electron chi connectivity index (χ4n) is 2.32. The van der Waals surface area contributed by atoms with Crippen molar-refractivity contribution < 1.29 is 8.42 Å². The first kappa shape index (κ1) is 13.0. The Morgan fingerprint density at radius 1 is 1.15 bits per heavy atom. The number of rotatable bonds is 4. The molecule has 7 heteroatoms. The van der Waals surface area contributed by atoms with Gasteiger partial charge in [-0.15, -0.1) is 0 Å². The predicted molar refractivity (Wildman–Crippen MR) is 77.3 cm³/mol. The monoisotopic (exact) mass is 292 g/mol. The Balaban J connectivity index is 1.75. The van der Waals surface area contributed by atoms with E-state index in [0.717, 1.165) is 18.8 Å². The molecule has 0 bridgehead atoms. The van der Waals surface area contributed by atoms with Crippen LogP contribution >= 0.6 is 0 Å². The van der Waals surface area contributed by atoms with Gasteiger partial charge in [-0.3, -0.25) is 4.72 Å². The minimum absolute atomic E-state index is 0.0566. The number of hydrogen-bond acceptors (Lipinski definition) is 4. The van der Waals surface area contributed by atoms with E-state index in [1.807, 2.05) is 12.1 Å². The van der Waals surface area contributed by atoms with Gasteiger partial charge in [0.1, 0.15) is 0 Å². The van der Waals surface area contributed by atoms with Crippen LogP contribution in [-0.4, -0.2) is 31.5 Å². The molecule has 1 aromatic carbocycles. The first-order valence-corrected chi connectivity index (χ1v) is 8.00. The van der Waals surface area contributed by atoms with E-state index in [2.05, 4.69) is 19.6 Å². The van der Waals surface area contributed by atoms with Gasteiger partial charge in [0.15, 0.2) is 5.03 Å². The van der Waals surface area contributed by atoms with E-state index < -0.39 is 10.0 Å². The highest BCUT2D eigenvalue weighted by molar-refractivity contribution is 7.92. The number of benzene rings is 1. The molecule has 2 aromatic rings. The molecule has 20 heavy (non-hydrogen) atoms. The summed E-state index contributed by atoms with van der Waals surface area (Å²) >= 11 is 0. The second kappa shape index (κ2) is 5.16. The van der Waals surface area contributed by atoms with Crippen molar-refractivity contribution in [1.82, 2.24) is 9.97 Å². The third kappa shape index (κ3) is 2.62. The fraction of sp³-hybridized carbons (Fsp3) is 0.308. The average molecular weight is 292 g/mol. The number of H-pyrrole nitrogens is 1. The van der Waals surface area contributed by atoms with Crippen molar-refractivity contribution in [2.75, 3.05) is 22.7 Å². The van der Waals surface area contributed by atoms with Gasteiger partial charge in [-0.2, -0.15) is 8.42 Å². The maximum absolute atomic E-state index is 12.0. The molecular formula is C13H16N4O2S. The lowest BCUT2D eigenvalue weighted by atomic mass is 10.2. The van der Waals surface area contributed by atoms with Crippen molar-refractivity contribution in [3.05, 3.63) is 36.8 Å². The molecule has 1 saturated heterocycles. The van der Waals surface area contributed by atoms with Gasteiger partial charge in [0.25, 0.3) is 10.0 Å². The van der Waals surface area contributed by atoms with Gasteiger partial charge in [0, 0.05) is 24.5 Å². The molecule has 0 aliphatic carbocycles. The minimum atomic E-state index is -3.58. The van der Waals surface area contributed by atoms with Crippen molar-refractivity contribution in [1.29, 1.82) is 0 Å². The van der Waals surface area contributed by atoms with Gasteiger partial charge in [0.05, 0.1) is 12.5 Å². The summed E-state index contributed by atoms with van der Waals surface area (Å²) in [4.78, 5) is 8.60. The van der Waals surface area contributed by atoms with Crippen LogP contribution in [0.15, 0.2) is 41.8 Å². The molecule has 2 N–H and O–H groups in total. The Bertz CT molecular complexity index is 659. The largest absolute Gasteiger partial charge is 0.372 e. The lowest BCUT2D eigenvalue weighted by Gasteiger charge is -2.17. The van der Waals surface area contributed by atoms with Gasteiger partial charge < -0.3 is 9.88 Å². The maximum Gasteiger partial charge on any atom is 0.278 e. The molecule has 1 fully saturated rings. The van der Waals surface area contributed by atoms with Crippen molar-refractivity contribution in [3.8, 4) is 0 Å². The van der Waals surface area contributed by atoms with Crippen LogP contribution in [0.25, 0.3) is 0 Å². The van der Waals surface area contributed by atoms with Gasteiger partial charge in [-0.25, -0.2) is 4.98 Å². The Labute approximate surface area is 117 Å². The zero-order valence-electron chi connectivity index (χ0n) is 10.9. The number of hydrogen-bond donors (Lipinski definition) is 2. The lowest BCUT2D eigenvalue weighted by molar-refractivity contribution is 0.598. The zero-order valence-corrected chi connectivity index (χ0v) is 11.7. The summed E-state index contributed by atoms with van der Waals surface area (Å²) in [7, 11) is -3.58. The number of nitrogens with one attached hydrogen (secondary N) is 2. The summed E-state index contributed by atoms with van der Waals surface area (Å²) in [6.07, 6.45) is 5.05. The molecule has 0 unspecified atom stereocenters. The molecule has 1 aliphatic heterocycles. The van der Waals surface area contributed by atoms with E-state index in [0.29, 0.717) is 5.69 Å². The maximum atomic E-state index is 12.0. The molecule has 106 valence electrons. The number of anilines is 2. The number of sulfonamides is 1. The first-order valence-electron chi connectivity index (χ1n) is 6.51. The van der Waals surface area contributed by atoms with Gasteiger partial charge in [-0.1, -0.05) is 0 Å². The third-order valence-electron chi connectivity index (χ3n) is 3.35. The molecular weight excluding hydrogens is 276 g/mol. The second-order valence-corrected chi connectivity index (χ2v) is 6.41. The van der Waals surface area contributed by atoms with Crippen LogP contribution in [0.5, 0.6) is 0 Å². The predicted octanol–water partition coefficient (Wildman–Crippen LogP) is 1.81. The molecule has 1 aliphatic rings. The Morgan fingerprint density at radius 3 is 2.45 bits per heavy atom. The Hall–Kier alpha value is -2.02. The van der Waals surface area contributed by atoms with Crippen molar-refractivity contribution in [3.63, 3.8) is 0 Å². The summed E-state index contributed by atoms with van der Waals surface area (Å²) in [5.41, 5.74) is 1.68. The number of nitrogens with zero attached hydrogens (tertiary/aromatic N) is 2. The van der Waals surface area contributed by atoms with Crippen LogP contribution in [0.3, 0.4) is 0 Å². The van der Waals surface area contributed by atoms with Crippen LogP contribution in [-0.2, 0) is 10.0 Å². The Kier molecular flexibility index (Phi) is 3.35. The number of aromatic nitrogens is 2. The van der Waals surface area contributed by atoms with Crippen LogP contribution in [0, 0.1) is 0 Å². The quantitative estimate of drug-likeness (QED) is 0.901. The van der Waals surface area contributed by atoms with E-state index in [1.54, 1.807) is 12.1 Å².